The normalized spacial score (nSPS) is 12.7. The second-order valence-electron chi connectivity index (χ2n) is 7.59. The Bertz CT molecular complexity index is 1160. The van der Waals surface area contributed by atoms with E-state index in [-0.39, 0.29) is 24.6 Å². The highest BCUT2D eigenvalue weighted by molar-refractivity contribution is 7.89. The summed E-state index contributed by atoms with van der Waals surface area (Å²) in [4.78, 5) is 9.27. The summed E-state index contributed by atoms with van der Waals surface area (Å²) in [5.41, 5.74) is 4.60. The molecule has 2 N–H and O–H groups in total. The SMILES string of the molecule is CCN(Oc1ccc2c(C)c(C)[nH]c2c1)C(O)Cc1ccc(Cl)c(CS(C)(=O)=O)c1.Cl. The first kappa shape index (κ1) is 25.5. The number of sulfone groups is 1. The van der Waals surface area contributed by atoms with Crippen LogP contribution in [-0.4, -0.2) is 42.6 Å². The highest BCUT2D eigenvalue weighted by atomic mass is 35.5. The molecule has 9 heteroatoms. The number of rotatable bonds is 8. The van der Waals surface area contributed by atoms with Gasteiger partial charge in [0.15, 0.2) is 9.84 Å². The van der Waals surface area contributed by atoms with Gasteiger partial charge >= 0.3 is 0 Å². The van der Waals surface area contributed by atoms with E-state index >= 15 is 0 Å². The Hall–Kier alpha value is -1.77. The van der Waals surface area contributed by atoms with E-state index in [4.69, 9.17) is 16.4 Å². The number of hydroxylamine groups is 2. The van der Waals surface area contributed by atoms with Crippen molar-refractivity contribution in [3.8, 4) is 5.75 Å². The predicted molar refractivity (Wildman–Crippen MR) is 128 cm³/mol. The molecular weight excluding hydrogens is 459 g/mol. The second kappa shape index (κ2) is 10.2. The Morgan fingerprint density at radius 1 is 1.19 bits per heavy atom. The summed E-state index contributed by atoms with van der Waals surface area (Å²) in [5.74, 6) is 0.484. The Labute approximate surface area is 194 Å². The lowest BCUT2D eigenvalue weighted by molar-refractivity contribution is -0.167. The monoisotopic (exact) mass is 486 g/mol. The van der Waals surface area contributed by atoms with Gasteiger partial charge in [0.25, 0.3) is 0 Å². The average Bonchev–Trinajstić information content (AvgIpc) is 2.94. The lowest BCUT2D eigenvalue weighted by Gasteiger charge is -2.26. The van der Waals surface area contributed by atoms with E-state index < -0.39 is 16.1 Å². The van der Waals surface area contributed by atoms with Crippen LogP contribution in [0, 0.1) is 13.8 Å². The van der Waals surface area contributed by atoms with Crippen LogP contribution in [0.3, 0.4) is 0 Å². The molecule has 0 spiro atoms. The maximum absolute atomic E-state index is 11.6. The van der Waals surface area contributed by atoms with E-state index in [2.05, 4.69) is 11.9 Å². The fraction of sp³-hybridized carbons (Fsp3) is 0.364. The Morgan fingerprint density at radius 3 is 2.55 bits per heavy atom. The van der Waals surface area contributed by atoms with Crippen molar-refractivity contribution in [1.29, 1.82) is 0 Å². The van der Waals surface area contributed by atoms with Crippen molar-refractivity contribution < 1.29 is 18.4 Å². The molecular formula is C22H28Cl2N2O4S. The highest BCUT2D eigenvalue weighted by Crippen LogP contribution is 2.26. The van der Waals surface area contributed by atoms with Gasteiger partial charge in [0.2, 0.25) is 0 Å². The van der Waals surface area contributed by atoms with E-state index in [1.807, 2.05) is 32.0 Å². The summed E-state index contributed by atoms with van der Waals surface area (Å²) in [6.07, 6.45) is 0.525. The van der Waals surface area contributed by atoms with Crippen molar-refractivity contribution in [1.82, 2.24) is 10.0 Å². The van der Waals surface area contributed by atoms with E-state index in [0.29, 0.717) is 22.9 Å². The third-order valence-electron chi connectivity index (χ3n) is 5.09. The number of likely N-dealkylation sites (N-methyl/N-ethyl adjacent to an activating group) is 1. The van der Waals surface area contributed by atoms with Gasteiger partial charge in [-0.3, -0.25) is 0 Å². The van der Waals surface area contributed by atoms with Gasteiger partial charge in [0.05, 0.1) is 5.75 Å². The van der Waals surface area contributed by atoms with Gasteiger partial charge in [-0.05, 0) is 55.7 Å². The summed E-state index contributed by atoms with van der Waals surface area (Å²) in [6.45, 7) is 6.45. The number of aromatic amines is 1. The van der Waals surface area contributed by atoms with Crippen LogP contribution in [0.15, 0.2) is 36.4 Å². The summed E-state index contributed by atoms with van der Waals surface area (Å²) in [6, 6.07) is 11.0. The van der Waals surface area contributed by atoms with Crippen molar-refractivity contribution in [3.63, 3.8) is 0 Å². The van der Waals surface area contributed by atoms with Gasteiger partial charge in [-0.15, -0.1) is 17.5 Å². The largest absolute Gasteiger partial charge is 0.403 e. The quantitative estimate of drug-likeness (QED) is 0.359. The zero-order valence-electron chi connectivity index (χ0n) is 18.0. The number of hydrogen-bond donors (Lipinski definition) is 2. The predicted octanol–water partition coefficient (Wildman–Crippen LogP) is 4.58. The van der Waals surface area contributed by atoms with Gasteiger partial charge in [0.1, 0.15) is 12.0 Å². The number of nitrogens with one attached hydrogen (secondary N) is 1. The molecule has 0 amide bonds. The number of aryl methyl sites for hydroxylation is 2. The molecule has 31 heavy (non-hydrogen) atoms. The highest BCUT2D eigenvalue weighted by Gasteiger charge is 2.19. The number of aliphatic hydroxyl groups excluding tert-OH is 1. The van der Waals surface area contributed by atoms with Crippen molar-refractivity contribution in [2.24, 2.45) is 0 Å². The summed E-state index contributed by atoms with van der Waals surface area (Å²) >= 11 is 6.13. The van der Waals surface area contributed by atoms with Crippen LogP contribution in [0.1, 0.15) is 29.3 Å². The minimum Gasteiger partial charge on any atom is -0.403 e. The van der Waals surface area contributed by atoms with Crippen LogP contribution < -0.4 is 4.84 Å². The van der Waals surface area contributed by atoms with Gasteiger partial charge in [0, 0.05) is 46.9 Å². The number of benzene rings is 2. The number of hydrogen-bond acceptors (Lipinski definition) is 5. The molecule has 0 fully saturated rings. The Balaban J connectivity index is 0.00000341. The summed E-state index contributed by atoms with van der Waals surface area (Å²) in [7, 11) is -3.21. The van der Waals surface area contributed by atoms with Crippen LogP contribution in [0.25, 0.3) is 10.9 Å². The second-order valence-corrected chi connectivity index (χ2v) is 10.1. The molecule has 3 aromatic rings. The molecule has 170 valence electrons. The molecule has 0 bridgehead atoms. The molecule has 1 heterocycles. The first-order chi connectivity index (χ1) is 14.1. The van der Waals surface area contributed by atoms with E-state index in [0.717, 1.165) is 22.2 Å². The molecule has 0 aliphatic heterocycles. The van der Waals surface area contributed by atoms with Crippen LogP contribution in [0.5, 0.6) is 5.75 Å². The lowest BCUT2D eigenvalue weighted by Crippen LogP contribution is -2.39. The van der Waals surface area contributed by atoms with Crippen LogP contribution in [-0.2, 0) is 22.0 Å². The van der Waals surface area contributed by atoms with Crippen LogP contribution >= 0.6 is 24.0 Å². The lowest BCUT2D eigenvalue weighted by atomic mass is 10.1. The van der Waals surface area contributed by atoms with Gasteiger partial charge in [-0.2, -0.15) is 0 Å². The molecule has 0 radical (unpaired) electrons. The van der Waals surface area contributed by atoms with Crippen LogP contribution in [0.4, 0.5) is 0 Å². The maximum atomic E-state index is 11.6. The number of nitrogens with zero attached hydrogens (tertiary/aromatic N) is 1. The van der Waals surface area contributed by atoms with Crippen LogP contribution in [0.2, 0.25) is 5.02 Å². The Kier molecular flexibility index (Phi) is 8.41. The van der Waals surface area contributed by atoms with E-state index in [1.165, 1.54) is 16.9 Å². The number of halogens is 2. The molecule has 0 aliphatic carbocycles. The molecule has 2 aromatic carbocycles. The topological polar surface area (TPSA) is 82.6 Å². The third kappa shape index (κ3) is 6.37. The molecule has 0 saturated carbocycles. The van der Waals surface area contributed by atoms with E-state index in [1.54, 1.807) is 18.2 Å². The van der Waals surface area contributed by atoms with Crippen molar-refractivity contribution in [3.05, 3.63) is 63.8 Å². The van der Waals surface area contributed by atoms with Crippen molar-refractivity contribution in [2.75, 3.05) is 12.8 Å². The third-order valence-corrected chi connectivity index (χ3v) is 6.30. The zero-order chi connectivity index (χ0) is 22.1. The molecule has 0 aliphatic rings. The van der Waals surface area contributed by atoms with E-state index in [9.17, 15) is 13.5 Å². The number of H-pyrrole nitrogens is 1. The number of aromatic nitrogens is 1. The maximum Gasteiger partial charge on any atom is 0.151 e. The summed E-state index contributed by atoms with van der Waals surface area (Å²) < 4.78 is 23.2. The first-order valence-corrected chi connectivity index (χ1v) is 12.2. The minimum absolute atomic E-state index is 0. The molecule has 6 nitrogen and oxygen atoms in total. The average molecular weight is 487 g/mol. The Morgan fingerprint density at radius 2 is 1.90 bits per heavy atom. The molecule has 0 saturated heterocycles. The first-order valence-electron chi connectivity index (χ1n) is 9.74. The molecule has 1 aromatic heterocycles. The zero-order valence-corrected chi connectivity index (χ0v) is 20.4. The fourth-order valence-electron chi connectivity index (χ4n) is 3.44. The van der Waals surface area contributed by atoms with Crippen molar-refractivity contribution >= 4 is 44.7 Å². The molecule has 1 unspecified atom stereocenters. The molecule has 1 atom stereocenters. The smallest absolute Gasteiger partial charge is 0.151 e. The molecule has 3 rings (SSSR count). The fourth-order valence-corrected chi connectivity index (χ4v) is 4.51. The van der Waals surface area contributed by atoms with Gasteiger partial charge in [-0.1, -0.05) is 23.7 Å². The van der Waals surface area contributed by atoms with Gasteiger partial charge in [-0.25, -0.2) is 8.42 Å². The number of aliphatic hydroxyl groups is 1. The number of fused-ring (bicyclic) bond motifs is 1. The van der Waals surface area contributed by atoms with Crippen molar-refractivity contribution in [2.45, 2.75) is 39.2 Å². The minimum atomic E-state index is -3.21. The summed E-state index contributed by atoms with van der Waals surface area (Å²) in [5, 5.41) is 13.8. The van der Waals surface area contributed by atoms with Gasteiger partial charge < -0.3 is 14.9 Å². The standard InChI is InChI=1S/C22H27ClN2O4S.ClH/c1-5-25(29-18-7-8-19-14(2)15(3)24-21(19)12-18)22(26)11-16-6-9-20(23)17(10-16)13-30(4,27)28;/h6-10,12,22,24,26H,5,11,13H2,1-4H3;1H.